The lowest BCUT2D eigenvalue weighted by atomic mass is 9.96. The van der Waals surface area contributed by atoms with Crippen molar-refractivity contribution in [2.45, 2.75) is 33.4 Å². The first kappa shape index (κ1) is 15.8. The van der Waals surface area contributed by atoms with Crippen LogP contribution in [-0.2, 0) is 18.4 Å². The largest absolute Gasteiger partial charge is 0.467 e. The number of hydrogen-bond donors (Lipinski definition) is 0. The second kappa shape index (κ2) is 5.66. The number of furan rings is 1. The van der Waals surface area contributed by atoms with Crippen LogP contribution in [-0.4, -0.2) is 15.4 Å². The molecule has 3 heterocycles. The Morgan fingerprint density at radius 1 is 1.08 bits per heavy atom. The third-order valence-electron chi connectivity index (χ3n) is 5.52. The van der Waals surface area contributed by atoms with Gasteiger partial charge in [0.2, 0.25) is 0 Å². The van der Waals surface area contributed by atoms with E-state index in [-0.39, 0.29) is 11.9 Å². The monoisotopic (exact) mass is 334 g/mol. The number of benzene rings is 1. The van der Waals surface area contributed by atoms with Crippen molar-refractivity contribution in [2.24, 2.45) is 7.05 Å². The Morgan fingerprint density at radius 3 is 2.56 bits per heavy atom. The van der Waals surface area contributed by atoms with Gasteiger partial charge in [0.25, 0.3) is 5.91 Å². The van der Waals surface area contributed by atoms with E-state index in [1.54, 1.807) is 6.26 Å². The maximum atomic E-state index is 12.9. The van der Waals surface area contributed by atoms with Gasteiger partial charge in [0.05, 0.1) is 18.8 Å². The number of para-hydroxylation sites is 1. The van der Waals surface area contributed by atoms with Gasteiger partial charge in [0.1, 0.15) is 5.76 Å². The smallest absolute Gasteiger partial charge is 0.250 e. The van der Waals surface area contributed by atoms with Gasteiger partial charge in [0.15, 0.2) is 0 Å². The van der Waals surface area contributed by atoms with Crippen molar-refractivity contribution in [3.8, 4) is 0 Å². The molecule has 1 unspecified atom stereocenters. The van der Waals surface area contributed by atoms with Gasteiger partial charge < -0.3 is 13.9 Å². The summed E-state index contributed by atoms with van der Waals surface area (Å²) in [5.41, 5.74) is 5.56. The van der Waals surface area contributed by atoms with Crippen molar-refractivity contribution in [3.63, 3.8) is 0 Å². The number of aryl methyl sites for hydroxylation is 1. The van der Waals surface area contributed by atoms with E-state index in [1.807, 2.05) is 24.0 Å². The molecule has 0 saturated heterocycles. The molecule has 4 rings (SSSR count). The highest BCUT2D eigenvalue weighted by Gasteiger charge is 2.38. The maximum Gasteiger partial charge on any atom is 0.250 e. The fourth-order valence-electron chi connectivity index (χ4n) is 3.94. The first-order valence-electron chi connectivity index (χ1n) is 8.55. The van der Waals surface area contributed by atoms with E-state index >= 15 is 0 Å². The third-order valence-corrected chi connectivity index (χ3v) is 5.52. The number of nitrogens with zero attached hydrogens (tertiary/aromatic N) is 2. The molecule has 1 aliphatic rings. The van der Waals surface area contributed by atoms with Crippen LogP contribution in [0.15, 0.2) is 58.2 Å². The first-order valence-corrected chi connectivity index (χ1v) is 8.55. The lowest BCUT2D eigenvalue weighted by Gasteiger charge is -2.26. The number of carbonyl (C=O) groups is 1. The number of amides is 1. The first-order chi connectivity index (χ1) is 12.0. The molecule has 3 aromatic rings. The highest BCUT2D eigenvalue weighted by molar-refractivity contribution is 5.98. The van der Waals surface area contributed by atoms with Crippen molar-refractivity contribution in [3.05, 3.63) is 70.8 Å². The Labute approximate surface area is 147 Å². The van der Waals surface area contributed by atoms with E-state index in [0.717, 1.165) is 16.9 Å². The molecule has 1 atom stereocenters. The minimum Gasteiger partial charge on any atom is -0.467 e. The van der Waals surface area contributed by atoms with Crippen molar-refractivity contribution in [1.82, 2.24) is 9.47 Å². The van der Waals surface area contributed by atoms with Crippen molar-refractivity contribution in [2.75, 3.05) is 0 Å². The van der Waals surface area contributed by atoms with Gasteiger partial charge in [-0.3, -0.25) is 4.79 Å². The minimum absolute atomic E-state index is 0.0521. The van der Waals surface area contributed by atoms with Crippen LogP contribution in [0.4, 0.5) is 0 Å². The average molecular weight is 334 g/mol. The SMILES string of the molecule is CC1=C(C)C(c2c(C)n(C)c3ccccc23)N(Cc2ccco2)C1=O. The summed E-state index contributed by atoms with van der Waals surface area (Å²) in [6.45, 7) is 6.61. The molecule has 128 valence electrons. The fraction of sp³-hybridized carbons (Fsp3) is 0.286. The highest BCUT2D eigenvalue weighted by atomic mass is 16.3. The van der Waals surface area contributed by atoms with E-state index in [0.29, 0.717) is 6.54 Å². The average Bonchev–Trinajstić information content (AvgIpc) is 3.27. The standard InChI is InChI=1S/C21H22N2O2/c1-13-14(2)21(24)23(12-16-8-7-11-25-16)20(13)19-15(3)22(4)18-10-6-5-9-17(18)19/h5-11,20H,12H2,1-4H3. The molecule has 0 radical (unpaired) electrons. The topological polar surface area (TPSA) is 38.4 Å². The lowest BCUT2D eigenvalue weighted by Crippen LogP contribution is -2.29. The Balaban J connectivity index is 1.90. The summed E-state index contributed by atoms with van der Waals surface area (Å²) in [6, 6.07) is 12.1. The lowest BCUT2D eigenvalue weighted by molar-refractivity contribution is -0.128. The molecule has 1 amide bonds. The van der Waals surface area contributed by atoms with Crippen LogP contribution in [0.5, 0.6) is 0 Å². The van der Waals surface area contributed by atoms with Crippen molar-refractivity contribution < 1.29 is 9.21 Å². The second-order valence-corrected chi connectivity index (χ2v) is 6.80. The summed E-state index contributed by atoms with van der Waals surface area (Å²) in [5.74, 6) is 0.893. The number of hydrogen-bond acceptors (Lipinski definition) is 2. The molecule has 0 bridgehead atoms. The molecule has 1 aliphatic heterocycles. The predicted molar refractivity (Wildman–Crippen MR) is 98.0 cm³/mol. The Kier molecular flexibility index (Phi) is 3.57. The van der Waals surface area contributed by atoms with Crippen LogP contribution in [0.2, 0.25) is 0 Å². The number of carbonyl (C=O) groups excluding carboxylic acids is 1. The zero-order chi connectivity index (χ0) is 17.7. The zero-order valence-corrected chi connectivity index (χ0v) is 15.0. The molecular weight excluding hydrogens is 312 g/mol. The normalized spacial score (nSPS) is 18.0. The molecule has 0 aliphatic carbocycles. The fourth-order valence-corrected chi connectivity index (χ4v) is 3.94. The van der Waals surface area contributed by atoms with Crippen LogP contribution in [0.1, 0.15) is 36.9 Å². The predicted octanol–water partition coefficient (Wildman–Crippen LogP) is 4.50. The van der Waals surface area contributed by atoms with E-state index in [9.17, 15) is 4.79 Å². The summed E-state index contributed by atoms with van der Waals surface area (Å²) < 4.78 is 7.71. The summed E-state index contributed by atoms with van der Waals surface area (Å²) in [7, 11) is 2.08. The van der Waals surface area contributed by atoms with Gasteiger partial charge in [-0.15, -0.1) is 0 Å². The molecule has 0 N–H and O–H groups in total. The Morgan fingerprint density at radius 2 is 1.84 bits per heavy atom. The molecule has 2 aromatic heterocycles. The van der Waals surface area contributed by atoms with E-state index in [2.05, 4.69) is 49.7 Å². The molecule has 1 aromatic carbocycles. The number of aromatic nitrogens is 1. The maximum absolute atomic E-state index is 12.9. The summed E-state index contributed by atoms with van der Waals surface area (Å²) in [4.78, 5) is 14.8. The van der Waals surface area contributed by atoms with Crippen LogP contribution in [0.3, 0.4) is 0 Å². The van der Waals surface area contributed by atoms with Crippen molar-refractivity contribution >= 4 is 16.8 Å². The van der Waals surface area contributed by atoms with Gasteiger partial charge in [-0.1, -0.05) is 18.2 Å². The van der Waals surface area contributed by atoms with E-state index in [1.165, 1.54) is 22.2 Å². The van der Waals surface area contributed by atoms with Gasteiger partial charge in [-0.2, -0.15) is 0 Å². The van der Waals surface area contributed by atoms with Crippen LogP contribution >= 0.6 is 0 Å². The van der Waals surface area contributed by atoms with Crippen LogP contribution in [0.25, 0.3) is 10.9 Å². The Hall–Kier alpha value is -2.75. The van der Waals surface area contributed by atoms with Gasteiger partial charge >= 0.3 is 0 Å². The quantitative estimate of drug-likeness (QED) is 0.707. The van der Waals surface area contributed by atoms with Gasteiger partial charge in [-0.05, 0) is 44.5 Å². The highest BCUT2D eigenvalue weighted by Crippen LogP contribution is 2.43. The third kappa shape index (κ3) is 2.24. The van der Waals surface area contributed by atoms with Crippen LogP contribution < -0.4 is 0 Å². The number of fused-ring (bicyclic) bond motifs is 1. The zero-order valence-electron chi connectivity index (χ0n) is 15.0. The second-order valence-electron chi connectivity index (χ2n) is 6.80. The molecule has 25 heavy (non-hydrogen) atoms. The summed E-state index contributed by atoms with van der Waals surface area (Å²) >= 11 is 0. The molecule has 4 heteroatoms. The van der Waals surface area contributed by atoms with Gasteiger partial charge in [0, 0.05) is 34.8 Å². The molecule has 0 saturated carbocycles. The number of rotatable bonds is 3. The Bertz CT molecular complexity index is 993. The molecule has 4 nitrogen and oxygen atoms in total. The van der Waals surface area contributed by atoms with Crippen LogP contribution in [0, 0.1) is 6.92 Å². The molecular formula is C21H22N2O2. The van der Waals surface area contributed by atoms with E-state index in [4.69, 9.17) is 4.42 Å². The minimum atomic E-state index is -0.0521. The van der Waals surface area contributed by atoms with Crippen molar-refractivity contribution in [1.29, 1.82) is 0 Å². The summed E-state index contributed by atoms with van der Waals surface area (Å²) in [5, 5.41) is 1.21. The van der Waals surface area contributed by atoms with Gasteiger partial charge in [-0.25, -0.2) is 0 Å². The molecule has 0 fully saturated rings. The molecule has 0 spiro atoms. The summed E-state index contributed by atoms with van der Waals surface area (Å²) in [6.07, 6.45) is 1.65. The van der Waals surface area contributed by atoms with E-state index < -0.39 is 0 Å².